The minimum Gasteiger partial charge on any atom is -0.480 e. The molecule has 21 heterocycles. The summed E-state index contributed by atoms with van der Waals surface area (Å²) in [6, 6.07) is 0. The predicted molar refractivity (Wildman–Crippen MR) is 308 cm³/mol. The lowest BCUT2D eigenvalue weighted by atomic mass is 9.95. The fraction of sp³-hybridized carbons (Fsp3) is 0.875. The molecule has 0 amide bonds. The second kappa shape index (κ2) is 39.0. The molecule has 0 aliphatic carbocycles. The highest BCUT2D eigenvalue weighted by Gasteiger charge is 2.60. The van der Waals surface area contributed by atoms with Crippen LogP contribution in [0.3, 0.4) is 0 Å². The summed E-state index contributed by atoms with van der Waals surface area (Å²) in [5.41, 5.74) is 0. The Morgan fingerprint density at radius 1 is 0.181 bits per heavy atom. The van der Waals surface area contributed by atoms with Gasteiger partial charge >= 0.3 is 41.8 Å². The van der Waals surface area contributed by atoms with E-state index in [4.69, 9.17) is 99.5 Å². The fourth-order valence-electron chi connectivity index (χ4n) is 12.2. The first-order valence-corrected chi connectivity index (χ1v) is 31.9. The maximum atomic E-state index is 11.9. The summed E-state index contributed by atoms with van der Waals surface area (Å²) >= 11 is 0. The van der Waals surface area contributed by atoms with Gasteiger partial charge in [0.2, 0.25) is 0 Å². The molecule has 21 fully saturated rings. The monoisotopic (exact) mass is 1540 g/mol. The molecule has 0 aromatic rings. The van der Waals surface area contributed by atoms with Gasteiger partial charge in [-0.1, -0.05) is 0 Å². The van der Waals surface area contributed by atoms with Gasteiger partial charge in [-0.3, -0.25) is 0 Å². The lowest BCUT2D eigenvalue weighted by molar-refractivity contribution is -0.397. The molecule has 0 aromatic heterocycles. The van der Waals surface area contributed by atoms with E-state index in [1.165, 1.54) is 0 Å². The topological polar surface area (TPSA) is 738 Å². The van der Waals surface area contributed by atoms with E-state index in [0.717, 1.165) is 0 Å². The van der Waals surface area contributed by atoms with Gasteiger partial charge in [0.15, 0.2) is 44.0 Å². The van der Waals surface area contributed by atoms with Gasteiger partial charge in [-0.15, -0.1) is 0 Å². The molecule has 35 unspecified atom stereocenters. The first-order chi connectivity index (χ1) is 49.6. The molecule has 21 aliphatic rings. The quantitative estimate of drug-likeness (QED) is 0.0346. The average molecular weight is 1540 g/mol. The highest BCUT2D eigenvalue weighted by Crippen LogP contribution is 2.40. The molecular weight excluding hydrogens is 1460 g/mol. The predicted octanol–water partition coefficient (Wildman–Crippen LogP) is -14.5. The minimum atomic E-state index is -2.47. The van der Waals surface area contributed by atoms with Crippen molar-refractivity contribution < 1.29 is 240 Å². The summed E-state index contributed by atoms with van der Waals surface area (Å²) in [4.78, 5) is 81.8. The van der Waals surface area contributed by atoms with Crippen molar-refractivity contribution in [2.75, 3.05) is 92.5 Å². The largest absolute Gasteiger partial charge is 0.480 e. The summed E-state index contributed by atoms with van der Waals surface area (Å²) < 4.78 is 119. The van der Waals surface area contributed by atoms with Crippen LogP contribution in [0.2, 0.25) is 0 Å². The van der Waals surface area contributed by atoms with Crippen LogP contribution in [0.15, 0.2) is 0 Å². The molecule has 602 valence electrons. The summed E-state index contributed by atoms with van der Waals surface area (Å²) in [5, 5.41) is 232. The lowest BCUT2D eigenvalue weighted by Crippen LogP contribution is -2.68. The van der Waals surface area contributed by atoms with Gasteiger partial charge < -0.3 is 207 Å². The van der Waals surface area contributed by atoms with Crippen LogP contribution in [0, 0.1) is 0 Å². The zero-order valence-electron chi connectivity index (χ0n) is 54.4. The van der Waals surface area contributed by atoms with E-state index in [1.54, 1.807) is 0 Å². The normalized spacial score (nSPS) is 43.5. The maximum absolute atomic E-state index is 11.9. The first kappa shape index (κ1) is 85.5. The molecule has 21 saturated heterocycles. The summed E-state index contributed by atoms with van der Waals surface area (Å²) in [6.07, 6.45) is -79.3. The van der Waals surface area contributed by atoms with Crippen molar-refractivity contribution in [2.45, 2.75) is 215 Å². The van der Waals surface area contributed by atoms with Crippen molar-refractivity contribution in [1.29, 1.82) is 0 Å². The third kappa shape index (κ3) is 22.1. The first-order valence-electron chi connectivity index (χ1n) is 31.9. The molecule has 105 heavy (non-hydrogen) atoms. The van der Waals surface area contributed by atoms with Gasteiger partial charge in [0, 0.05) is 0 Å². The molecule has 21 aliphatic heterocycles. The second-order valence-corrected chi connectivity index (χ2v) is 24.7. The molecule has 21 rings (SSSR count). The number of aliphatic hydroxyl groups is 14. The number of hydrogen-bond acceptors (Lipinski definition) is 42. The highest BCUT2D eigenvalue weighted by atomic mass is 16.8. The van der Waals surface area contributed by atoms with E-state index in [1.807, 2.05) is 0 Å². The number of aliphatic carboxylic acids is 7. The average Bonchev–Trinajstić information content (AvgIpc) is 0.960. The highest BCUT2D eigenvalue weighted by molar-refractivity contribution is 5.69. The van der Waals surface area contributed by atoms with Crippen molar-refractivity contribution in [3.63, 3.8) is 0 Å². The van der Waals surface area contributed by atoms with E-state index < -0.39 is 349 Å². The van der Waals surface area contributed by atoms with E-state index in [-0.39, 0.29) is 0 Å². The van der Waals surface area contributed by atoms with Crippen LogP contribution < -0.4 is 0 Å². The zero-order chi connectivity index (χ0) is 77.0. The molecule has 0 radical (unpaired) electrons. The summed E-state index contributed by atoms with van der Waals surface area (Å²) in [6.45, 7) is -14.7. The van der Waals surface area contributed by atoms with Gasteiger partial charge in [-0.2, -0.15) is 0 Å². The van der Waals surface area contributed by atoms with Crippen LogP contribution in [-0.4, -0.2) is 456 Å². The Labute approximate surface area is 588 Å². The van der Waals surface area contributed by atoms with Crippen molar-refractivity contribution in [2.24, 2.45) is 0 Å². The molecule has 49 nitrogen and oxygen atoms in total. The standard InChI is InChI=1S/C56H84O49/c57-22(58)8-85-1-15-43-29(71)36(78)50(92-15)100-44-16(2-86-9-23(59)60)94-52(38(80)31(44)73)102-46-18(4-88-11-25(63)64)96-54(40(82)33(46)75)104-48-20(6-90-13-27(67)68)98-56(42(84)35(48)77)105-49-21(7-91-14-28(69)70)97-55(41(83)34(49)76)103-47-19(5-89-12-26(65)66)95-53(39(81)32(47)74)101-45-17(3-87-10-24(61)62)93-51(99-43)37(79)30(45)72/h15-21,29-56,71-84H,1-14H2,(H,57,58)(H,59,60)(H,61,62)(H,63,64)(H,65,66)(H,67,68)(H,69,70). The number of rotatable bonds is 28. The molecule has 21 N–H and O–H groups in total. The Balaban J connectivity index is 1.20. The van der Waals surface area contributed by atoms with Crippen LogP contribution >= 0.6 is 0 Å². The Hall–Kier alpha value is -5.11. The van der Waals surface area contributed by atoms with Gasteiger partial charge in [0.25, 0.3) is 0 Å². The Bertz CT molecular complexity index is 2300. The van der Waals surface area contributed by atoms with Gasteiger partial charge in [-0.05, 0) is 0 Å². The van der Waals surface area contributed by atoms with Crippen molar-refractivity contribution in [1.82, 2.24) is 0 Å². The van der Waals surface area contributed by atoms with Gasteiger partial charge in [0.05, 0.1) is 46.2 Å². The van der Waals surface area contributed by atoms with Crippen LogP contribution in [0.4, 0.5) is 0 Å². The number of carbonyl (C=O) groups is 7. The van der Waals surface area contributed by atoms with Crippen LogP contribution in [0.1, 0.15) is 0 Å². The molecule has 0 aromatic carbocycles. The summed E-state index contributed by atoms with van der Waals surface area (Å²) in [5.74, 6) is -11.2. The maximum Gasteiger partial charge on any atom is 0.329 e. The Morgan fingerprint density at radius 2 is 0.286 bits per heavy atom. The minimum absolute atomic E-state index is 0.985. The van der Waals surface area contributed by atoms with Gasteiger partial charge in [-0.25, -0.2) is 33.6 Å². The van der Waals surface area contributed by atoms with Crippen molar-refractivity contribution in [3.8, 4) is 0 Å². The zero-order valence-corrected chi connectivity index (χ0v) is 54.4. The number of hydrogen-bond donors (Lipinski definition) is 21. The Morgan fingerprint density at radius 3 is 0.381 bits per heavy atom. The smallest absolute Gasteiger partial charge is 0.329 e. The third-order valence-corrected chi connectivity index (χ3v) is 17.1. The van der Waals surface area contributed by atoms with Crippen LogP contribution in [-0.2, 0) is 133 Å². The van der Waals surface area contributed by atoms with Crippen LogP contribution in [0.25, 0.3) is 0 Å². The molecule has 14 bridgehead atoms. The Kier molecular flexibility index (Phi) is 31.8. The second-order valence-electron chi connectivity index (χ2n) is 24.7. The molecular formula is C56H84O49. The van der Waals surface area contributed by atoms with E-state index in [0.29, 0.717) is 0 Å². The molecule has 49 heteroatoms. The van der Waals surface area contributed by atoms with E-state index >= 15 is 0 Å². The van der Waals surface area contributed by atoms with E-state index in [2.05, 4.69) is 0 Å². The van der Waals surface area contributed by atoms with Crippen molar-refractivity contribution in [3.05, 3.63) is 0 Å². The molecule has 0 saturated carbocycles. The van der Waals surface area contributed by atoms with E-state index in [9.17, 15) is 141 Å². The number of carboxylic acids is 7. The number of ether oxygens (including phenoxy) is 21. The third-order valence-electron chi connectivity index (χ3n) is 17.1. The SMILES string of the molecule is O=C(O)COCC1OC2OC3C(COCC(=O)O)OC(OC4C(COCC(=O)O)OC(OC5C(COCC(=O)O)OC(OC6C(COCC(=O)O)OC(OC7C(COCC(=O)O)OC(OC8C(COCC(=O)O)OC(OC1C(O)C2O)C(O)C8O)C(O)C7O)C(O)C6O)C(O)C5O)C(O)C4O)C(O)C3O. The number of aliphatic hydroxyl groups excluding tert-OH is 14. The van der Waals surface area contributed by atoms with Crippen molar-refractivity contribution >= 4 is 41.8 Å². The lowest BCUT2D eigenvalue weighted by Gasteiger charge is -2.50. The molecule has 35 atom stereocenters. The van der Waals surface area contributed by atoms with Crippen LogP contribution in [0.5, 0.6) is 0 Å². The summed E-state index contributed by atoms with van der Waals surface area (Å²) in [7, 11) is 0. The number of carboxylic acid groups (broad SMARTS) is 7. The molecule has 0 spiro atoms. The fourth-order valence-corrected chi connectivity index (χ4v) is 12.2. The van der Waals surface area contributed by atoms with Gasteiger partial charge in [0.1, 0.15) is 217 Å².